The van der Waals surface area contributed by atoms with Crippen LogP contribution in [-0.4, -0.2) is 61.1 Å². The second-order valence-electron chi connectivity index (χ2n) is 6.49. The van der Waals surface area contributed by atoms with Gasteiger partial charge in [-0.05, 0) is 26.7 Å². The maximum atomic E-state index is 10.4. The third-order valence-corrected chi connectivity index (χ3v) is 4.31. The molecule has 5 nitrogen and oxygen atoms in total. The maximum Gasteiger partial charge on any atom is 0.0863 e. The first-order valence-electron chi connectivity index (χ1n) is 8.96. The van der Waals surface area contributed by atoms with Gasteiger partial charge in [-0.3, -0.25) is 0 Å². The molecule has 0 spiro atoms. The largest absolute Gasteiger partial charge is 0.390 e. The van der Waals surface area contributed by atoms with Crippen molar-refractivity contribution in [2.24, 2.45) is 0 Å². The van der Waals surface area contributed by atoms with E-state index in [2.05, 4.69) is 0 Å². The molecule has 0 aromatic carbocycles. The average molecular weight is 334 g/mol. The molecule has 0 saturated heterocycles. The Kier molecular flexibility index (Phi) is 13.0. The molecule has 0 aliphatic rings. The molecule has 23 heavy (non-hydrogen) atoms. The molecule has 0 heterocycles. The second-order valence-corrected chi connectivity index (χ2v) is 6.49. The fourth-order valence-electron chi connectivity index (χ4n) is 2.64. The summed E-state index contributed by atoms with van der Waals surface area (Å²) in [6.07, 6.45) is 2.55. The zero-order chi connectivity index (χ0) is 17.8. The van der Waals surface area contributed by atoms with Gasteiger partial charge in [0.15, 0.2) is 0 Å². The molecule has 0 amide bonds. The number of aliphatic hydroxyl groups excluding tert-OH is 2. The highest BCUT2D eigenvalue weighted by Gasteiger charge is 2.29. The monoisotopic (exact) mass is 334 g/mol. The quantitative estimate of drug-likeness (QED) is 0.511. The van der Waals surface area contributed by atoms with Crippen LogP contribution in [-0.2, 0) is 14.2 Å². The van der Waals surface area contributed by atoms with Crippen molar-refractivity contribution in [2.75, 3.05) is 14.2 Å². The lowest BCUT2D eigenvalue weighted by Crippen LogP contribution is -2.41. The number of rotatable bonds is 14. The van der Waals surface area contributed by atoms with Crippen LogP contribution >= 0.6 is 0 Å². The Balaban J connectivity index is 4.98. The lowest BCUT2D eigenvalue weighted by atomic mass is 10.00. The van der Waals surface area contributed by atoms with E-state index in [0.29, 0.717) is 25.7 Å². The number of methoxy groups -OCH3 is 2. The van der Waals surface area contributed by atoms with Crippen LogP contribution in [0.1, 0.15) is 66.2 Å². The lowest BCUT2D eigenvalue weighted by Gasteiger charge is -2.33. The molecule has 140 valence electrons. The van der Waals surface area contributed by atoms with Gasteiger partial charge in [0.05, 0.1) is 36.6 Å². The molecule has 0 saturated carbocycles. The summed E-state index contributed by atoms with van der Waals surface area (Å²) in [6.45, 7) is 8.00. The first-order chi connectivity index (χ1) is 10.9. The normalized spacial score (nSPS) is 19.8. The summed E-state index contributed by atoms with van der Waals surface area (Å²) in [7, 11) is 3.31. The molecule has 0 aromatic rings. The highest BCUT2D eigenvalue weighted by atomic mass is 16.5. The minimum atomic E-state index is -0.549. The molecule has 0 aliphatic heterocycles. The Morgan fingerprint density at radius 3 is 1.35 bits per heavy atom. The zero-order valence-electron chi connectivity index (χ0n) is 15.8. The minimum Gasteiger partial charge on any atom is -0.390 e. The second kappa shape index (κ2) is 13.1. The molecular formula is C18H38O5. The van der Waals surface area contributed by atoms with Gasteiger partial charge in [0.25, 0.3) is 0 Å². The van der Waals surface area contributed by atoms with Crippen LogP contribution in [0.5, 0.6) is 0 Å². The van der Waals surface area contributed by atoms with Crippen LogP contribution < -0.4 is 0 Å². The van der Waals surface area contributed by atoms with Crippen LogP contribution in [0, 0.1) is 0 Å². The van der Waals surface area contributed by atoms with Crippen molar-refractivity contribution < 1.29 is 24.4 Å². The van der Waals surface area contributed by atoms with Crippen molar-refractivity contribution in [2.45, 2.75) is 103 Å². The first-order valence-corrected chi connectivity index (χ1v) is 8.96. The van der Waals surface area contributed by atoms with Crippen LogP contribution in [0.2, 0.25) is 0 Å². The van der Waals surface area contributed by atoms with Crippen molar-refractivity contribution >= 4 is 0 Å². The fourth-order valence-corrected chi connectivity index (χ4v) is 2.64. The predicted molar refractivity (Wildman–Crippen MR) is 92.7 cm³/mol. The molecule has 0 fully saturated rings. The summed E-state index contributed by atoms with van der Waals surface area (Å²) in [5, 5.41) is 20.8. The van der Waals surface area contributed by atoms with E-state index in [1.807, 2.05) is 27.7 Å². The molecule has 0 rings (SSSR count). The van der Waals surface area contributed by atoms with Crippen molar-refractivity contribution in [1.29, 1.82) is 0 Å². The highest BCUT2D eigenvalue weighted by Crippen LogP contribution is 2.21. The molecule has 5 heteroatoms. The van der Waals surface area contributed by atoms with Gasteiger partial charge in [-0.15, -0.1) is 0 Å². The molecular weight excluding hydrogens is 296 g/mol. The minimum absolute atomic E-state index is 0.00433. The van der Waals surface area contributed by atoms with Gasteiger partial charge in [0.2, 0.25) is 0 Å². The number of hydrogen-bond acceptors (Lipinski definition) is 5. The van der Waals surface area contributed by atoms with Crippen LogP contribution in [0.15, 0.2) is 0 Å². The standard InChI is InChI=1S/C18H38O5/c1-7-9-15(19)17(11-13(3)21-5)23-18(12-14(4)22-6)16(20)10-8-2/h13-20H,7-12H2,1-6H3. The Morgan fingerprint density at radius 1 is 0.739 bits per heavy atom. The molecule has 0 radical (unpaired) electrons. The van der Waals surface area contributed by atoms with E-state index in [1.165, 1.54) is 0 Å². The lowest BCUT2D eigenvalue weighted by molar-refractivity contribution is -0.142. The molecule has 6 unspecified atom stereocenters. The molecule has 2 N–H and O–H groups in total. The SMILES string of the molecule is CCCC(O)C(CC(C)OC)OC(CC(C)OC)C(O)CCC. The van der Waals surface area contributed by atoms with E-state index < -0.39 is 12.2 Å². The summed E-state index contributed by atoms with van der Waals surface area (Å²) in [6, 6.07) is 0. The summed E-state index contributed by atoms with van der Waals surface area (Å²) >= 11 is 0. The highest BCUT2D eigenvalue weighted by molar-refractivity contribution is 4.78. The smallest absolute Gasteiger partial charge is 0.0863 e. The molecule has 0 bridgehead atoms. The summed E-state index contributed by atoms with van der Waals surface area (Å²) in [5.74, 6) is 0. The third-order valence-electron chi connectivity index (χ3n) is 4.31. The van der Waals surface area contributed by atoms with E-state index in [0.717, 1.165) is 12.8 Å². The zero-order valence-corrected chi connectivity index (χ0v) is 15.8. The molecule has 6 atom stereocenters. The van der Waals surface area contributed by atoms with Gasteiger partial charge in [-0.1, -0.05) is 26.7 Å². The Morgan fingerprint density at radius 2 is 1.09 bits per heavy atom. The molecule has 0 aromatic heterocycles. The van der Waals surface area contributed by atoms with Crippen molar-refractivity contribution in [3.8, 4) is 0 Å². The van der Waals surface area contributed by atoms with Crippen LogP contribution in [0.25, 0.3) is 0 Å². The van der Waals surface area contributed by atoms with Gasteiger partial charge in [0, 0.05) is 27.1 Å². The number of hydrogen-bond donors (Lipinski definition) is 2. The number of aliphatic hydroxyl groups is 2. The van der Waals surface area contributed by atoms with Gasteiger partial charge in [-0.2, -0.15) is 0 Å². The van der Waals surface area contributed by atoms with Gasteiger partial charge >= 0.3 is 0 Å². The van der Waals surface area contributed by atoms with E-state index >= 15 is 0 Å². The van der Waals surface area contributed by atoms with E-state index in [4.69, 9.17) is 14.2 Å². The van der Waals surface area contributed by atoms with Crippen LogP contribution in [0.3, 0.4) is 0 Å². The van der Waals surface area contributed by atoms with E-state index in [1.54, 1.807) is 14.2 Å². The van der Waals surface area contributed by atoms with Gasteiger partial charge in [-0.25, -0.2) is 0 Å². The predicted octanol–water partition coefficient (Wildman–Crippen LogP) is 2.91. The van der Waals surface area contributed by atoms with Gasteiger partial charge < -0.3 is 24.4 Å². The summed E-state index contributed by atoms with van der Waals surface area (Å²) < 4.78 is 16.8. The Bertz CT molecular complexity index is 248. The topological polar surface area (TPSA) is 68.2 Å². The summed E-state index contributed by atoms with van der Waals surface area (Å²) in [5.41, 5.74) is 0. The third kappa shape index (κ3) is 9.62. The fraction of sp³-hybridized carbons (Fsp3) is 1.00. The first kappa shape index (κ1) is 22.8. The van der Waals surface area contributed by atoms with Crippen molar-refractivity contribution in [3.63, 3.8) is 0 Å². The average Bonchev–Trinajstić information content (AvgIpc) is 2.53. The molecule has 0 aliphatic carbocycles. The summed E-state index contributed by atoms with van der Waals surface area (Å²) in [4.78, 5) is 0. The Hall–Kier alpha value is -0.200. The van der Waals surface area contributed by atoms with E-state index in [-0.39, 0.29) is 24.4 Å². The Labute approximate surface area is 142 Å². The van der Waals surface area contributed by atoms with Crippen molar-refractivity contribution in [3.05, 3.63) is 0 Å². The maximum absolute atomic E-state index is 10.4. The van der Waals surface area contributed by atoms with Crippen molar-refractivity contribution in [1.82, 2.24) is 0 Å². The van der Waals surface area contributed by atoms with E-state index in [9.17, 15) is 10.2 Å². The van der Waals surface area contributed by atoms with Gasteiger partial charge in [0.1, 0.15) is 0 Å². The van der Waals surface area contributed by atoms with Crippen LogP contribution in [0.4, 0.5) is 0 Å². The number of ether oxygens (including phenoxy) is 3.